The summed E-state index contributed by atoms with van der Waals surface area (Å²) in [6.07, 6.45) is 6.53. The van der Waals surface area contributed by atoms with Crippen LogP contribution < -0.4 is 9.80 Å². The molecule has 3 heterocycles. The minimum Gasteiger partial charge on any atom is -0.298 e. The van der Waals surface area contributed by atoms with E-state index in [9.17, 15) is 4.79 Å². The van der Waals surface area contributed by atoms with Gasteiger partial charge >= 0.3 is 6.03 Å². The summed E-state index contributed by atoms with van der Waals surface area (Å²) in [5.41, 5.74) is 4.63. The minimum absolute atomic E-state index is 0.0687. The number of amides is 2. The van der Waals surface area contributed by atoms with Gasteiger partial charge in [-0.15, -0.1) is 10.2 Å². The maximum Gasteiger partial charge on any atom is 0.329 e. The Labute approximate surface area is 199 Å². The number of carbonyl (C=O) groups excluding carboxylic acids is 1. The number of nitrogens with zero attached hydrogens (tertiary/aromatic N) is 6. The van der Waals surface area contributed by atoms with Crippen molar-refractivity contribution in [3.63, 3.8) is 0 Å². The molecule has 8 nitrogen and oxygen atoms in total. The van der Waals surface area contributed by atoms with Gasteiger partial charge in [0.1, 0.15) is 0 Å². The maximum absolute atomic E-state index is 13.3. The first-order valence-electron chi connectivity index (χ1n) is 12.5. The molecule has 0 spiro atoms. The van der Waals surface area contributed by atoms with Crippen LogP contribution in [0.3, 0.4) is 0 Å². The first-order chi connectivity index (χ1) is 16.7. The van der Waals surface area contributed by atoms with E-state index in [1.165, 1.54) is 43.2 Å². The van der Waals surface area contributed by atoms with Crippen LogP contribution >= 0.6 is 0 Å². The van der Waals surface area contributed by atoms with Crippen LogP contribution in [0.25, 0.3) is 0 Å². The quantitative estimate of drug-likeness (QED) is 0.597. The fourth-order valence-corrected chi connectivity index (χ4v) is 5.64. The molecule has 1 aromatic heterocycles. The summed E-state index contributed by atoms with van der Waals surface area (Å²) in [5.74, 6) is 1.81. The van der Waals surface area contributed by atoms with Crippen molar-refractivity contribution in [2.24, 2.45) is 0 Å². The van der Waals surface area contributed by atoms with Crippen molar-refractivity contribution in [2.45, 2.75) is 50.5 Å². The van der Waals surface area contributed by atoms with Gasteiger partial charge in [0.25, 0.3) is 0 Å². The Morgan fingerprint density at radius 2 is 1.65 bits per heavy atom. The van der Waals surface area contributed by atoms with Crippen molar-refractivity contribution in [1.82, 2.24) is 25.5 Å². The SMILES string of the molecule is O=C1N(c2ccc(CN3CC(c4nn[nH]n4)C3)cc2)CCN1c1cccc(C2CCCCC2)c1. The fraction of sp³-hybridized carbons (Fsp3) is 0.462. The lowest BCUT2D eigenvalue weighted by Gasteiger charge is -2.37. The largest absolute Gasteiger partial charge is 0.329 e. The Balaban J connectivity index is 1.08. The number of hydrogen-bond donors (Lipinski definition) is 1. The van der Waals surface area contributed by atoms with Gasteiger partial charge in [0.05, 0.1) is 0 Å². The number of benzene rings is 2. The predicted octanol–water partition coefficient (Wildman–Crippen LogP) is 4.29. The number of hydrogen-bond acceptors (Lipinski definition) is 5. The third kappa shape index (κ3) is 4.18. The van der Waals surface area contributed by atoms with Crippen LogP contribution in [0, 0.1) is 0 Å². The molecule has 176 valence electrons. The van der Waals surface area contributed by atoms with E-state index in [2.05, 4.69) is 74.1 Å². The van der Waals surface area contributed by atoms with Gasteiger partial charge < -0.3 is 0 Å². The van der Waals surface area contributed by atoms with E-state index in [1.54, 1.807) is 0 Å². The van der Waals surface area contributed by atoms with Gasteiger partial charge in [0, 0.05) is 50.0 Å². The molecule has 1 saturated carbocycles. The normalized spacial score (nSPS) is 20.2. The van der Waals surface area contributed by atoms with E-state index in [-0.39, 0.29) is 6.03 Å². The van der Waals surface area contributed by atoms with Crippen molar-refractivity contribution >= 4 is 17.4 Å². The molecule has 2 saturated heterocycles. The van der Waals surface area contributed by atoms with E-state index >= 15 is 0 Å². The first kappa shape index (κ1) is 21.3. The fourth-order valence-electron chi connectivity index (χ4n) is 5.64. The third-order valence-corrected chi connectivity index (χ3v) is 7.61. The second-order valence-electron chi connectivity index (χ2n) is 9.84. The molecular weight excluding hydrogens is 426 g/mol. The first-order valence-corrected chi connectivity index (χ1v) is 12.5. The number of H-pyrrole nitrogens is 1. The van der Waals surface area contributed by atoms with Crippen molar-refractivity contribution in [2.75, 3.05) is 36.0 Å². The van der Waals surface area contributed by atoms with Gasteiger partial charge in [-0.25, -0.2) is 4.79 Å². The molecule has 0 radical (unpaired) electrons. The number of carbonyl (C=O) groups is 1. The van der Waals surface area contributed by atoms with Crippen LogP contribution in [-0.2, 0) is 6.54 Å². The smallest absolute Gasteiger partial charge is 0.298 e. The van der Waals surface area contributed by atoms with E-state index in [0.29, 0.717) is 18.4 Å². The monoisotopic (exact) mass is 457 g/mol. The predicted molar refractivity (Wildman–Crippen MR) is 131 cm³/mol. The van der Waals surface area contributed by atoms with Crippen LogP contribution in [0.4, 0.5) is 16.2 Å². The van der Waals surface area contributed by atoms with Crippen LogP contribution in [-0.4, -0.2) is 57.7 Å². The molecule has 34 heavy (non-hydrogen) atoms. The van der Waals surface area contributed by atoms with Gasteiger partial charge in [-0.05, 0) is 54.2 Å². The molecule has 1 aliphatic carbocycles. The maximum atomic E-state index is 13.3. The topological polar surface area (TPSA) is 81.2 Å². The molecular formula is C26H31N7O. The van der Waals surface area contributed by atoms with Gasteiger partial charge in [-0.1, -0.05) is 48.7 Å². The van der Waals surface area contributed by atoms with Crippen molar-refractivity contribution in [1.29, 1.82) is 0 Å². The molecule has 8 heteroatoms. The van der Waals surface area contributed by atoms with Gasteiger partial charge in [0.15, 0.2) is 5.82 Å². The Morgan fingerprint density at radius 3 is 2.38 bits per heavy atom. The number of likely N-dealkylation sites (tertiary alicyclic amines) is 1. The lowest BCUT2D eigenvalue weighted by molar-refractivity contribution is 0.134. The average molecular weight is 458 g/mol. The highest BCUT2D eigenvalue weighted by atomic mass is 16.2. The highest BCUT2D eigenvalue weighted by molar-refractivity contribution is 6.06. The number of tetrazole rings is 1. The van der Waals surface area contributed by atoms with Crippen molar-refractivity contribution in [3.8, 4) is 0 Å². The van der Waals surface area contributed by atoms with Crippen molar-refractivity contribution < 1.29 is 4.79 Å². The number of urea groups is 1. The molecule has 3 aliphatic rings. The second-order valence-corrected chi connectivity index (χ2v) is 9.84. The van der Waals surface area contributed by atoms with Crippen LogP contribution in [0.1, 0.15) is 60.9 Å². The summed E-state index contributed by atoms with van der Waals surface area (Å²) in [4.78, 5) is 19.5. The molecule has 3 fully saturated rings. The minimum atomic E-state index is 0.0687. The number of anilines is 2. The Hall–Kier alpha value is -3.26. The summed E-state index contributed by atoms with van der Waals surface area (Å²) in [5, 5.41) is 14.3. The van der Waals surface area contributed by atoms with Gasteiger partial charge in [-0.3, -0.25) is 14.7 Å². The van der Waals surface area contributed by atoms with Crippen LogP contribution in [0.5, 0.6) is 0 Å². The number of aromatic amines is 1. The van der Waals surface area contributed by atoms with Crippen molar-refractivity contribution in [3.05, 3.63) is 65.5 Å². The molecule has 0 atom stereocenters. The highest BCUT2D eigenvalue weighted by Crippen LogP contribution is 2.35. The molecule has 2 amide bonds. The number of rotatable bonds is 6. The molecule has 3 aromatic rings. The number of nitrogens with one attached hydrogen (secondary N) is 1. The van der Waals surface area contributed by atoms with E-state index in [1.807, 2.05) is 9.80 Å². The summed E-state index contributed by atoms with van der Waals surface area (Å²) in [7, 11) is 0. The molecule has 1 N–H and O–H groups in total. The summed E-state index contributed by atoms with van der Waals surface area (Å²) >= 11 is 0. The summed E-state index contributed by atoms with van der Waals surface area (Å²) in [6, 6.07) is 17.2. The Morgan fingerprint density at radius 1 is 0.882 bits per heavy atom. The third-order valence-electron chi connectivity index (χ3n) is 7.61. The lowest BCUT2D eigenvalue weighted by atomic mass is 9.84. The highest BCUT2D eigenvalue weighted by Gasteiger charge is 2.32. The molecule has 0 bridgehead atoms. The molecule has 2 aromatic carbocycles. The lowest BCUT2D eigenvalue weighted by Crippen LogP contribution is -2.44. The van der Waals surface area contributed by atoms with Gasteiger partial charge in [0.2, 0.25) is 0 Å². The second kappa shape index (κ2) is 9.18. The Bertz CT molecular complexity index is 1120. The van der Waals surface area contributed by atoms with E-state index in [4.69, 9.17) is 0 Å². The Kier molecular flexibility index (Phi) is 5.74. The average Bonchev–Trinajstić information content (AvgIpc) is 3.52. The van der Waals surface area contributed by atoms with Crippen LogP contribution in [0.2, 0.25) is 0 Å². The molecule has 0 unspecified atom stereocenters. The summed E-state index contributed by atoms with van der Waals surface area (Å²) in [6.45, 7) is 4.22. The zero-order valence-electron chi connectivity index (χ0n) is 19.4. The zero-order chi connectivity index (χ0) is 22.9. The van der Waals surface area contributed by atoms with E-state index in [0.717, 1.165) is 43.4 Å². The zero-order valence-corrected chi connectivity index (χ0v) is 19.4. The summed E-state index contributed by atoms with van der Waals surface area (Å²) < 4.78 is 0. The molecule has 2 aliphatic heterocycles. The number of aromatic nitrogens is 4. The van der Waals surface area contributed by atoms with Crippen LogP contribution in [0.15, 0.2) is 48.5 Å². The molecule has 6 rings (SSSR count). The van der Waals surface area contributed by atoms with Gasteiger partial charge in [-0.2, -0.15) is 5.21 Å². The van der Waals surface area contributed by atoms with E-state index < -0.39 is 0 Å². The standard InChI is InChI=1S/C26H31N7O/c34-26-32(13-14-33(26)24-8-4-7-21(15-24)20-5-2-1-3-6-20)23-11-9-19(10-12-23)16-31-17-22(18-31)25-27-29-30-28-25/h4,7-12,15,20,22H,1-3,5-6,13-14,16-18H2,(H,27,28,29,30).